The second-order valence-corrected chi connectivity index (χ2v) is 7.13. The number of pyridine rings is 1. The number of ether oxygens (including phenoxy) is 1. The smallest absolute Gasteiger partial charge is 0.330 e. The molecule has 4 rings (SSSR count). The number of para-hydroxylation sites is 1. The van der Waals surface area contributed by atoms with Crippen LogP contribution in [0.2, 0.25) is 0 Å². The zero-order valence-corrected chi connectivity index (χ0v) is 16.1. The summed E-state index contributed by atoms with van der Waals surface area (Å²) >= 11 is 0. The second kappa shape index (κ2) is 7.90. The molecule has 1 atom stereocenters. The number of likely N-dealkylation sites (tertiary alicyclic amines) is 1. The molecule has 3 heterocycles. The van der Waals surface area contributed by atoms with Gasteiger partial charge in [0.25, 0.3) is 11.5 Å². The largest absolute Gasteiger partial charge is 0.481 e. The van der Waals surface area contributed by atoms with E-state index in [1.165, 1.54) is 10.8 Å². The Morgan fingerprint density at radius 1 is 1.14 bits per heavy atom. The highest BCUT2D eigenvalue weighted by Gasteiger charge is 2.29. The molecule has 0 bridgehead atoms. The summed E-state index contributed by atoms with van der Waals surface area (Å²) in [5.41, 5.74) is -0.521. The maximum Gasteiger partial charge on any atom is 0.330 e. The van der Waals surface area contributed by atoms with Gasteiger partial charge in [-0.2, -0.15) is 0 Å². The Balaban J connectivity index is 1.46. The third-order valence-electron chi connectivity index (χ3n) is 5.25. The number of hydrogen-bond donors (Lipinski definition) is 1. The molecule has 1 aliphatic rings. The minimum atomic E-state index is -0.605. The Kier molecular flexibility index (Phi) is 5.16. The Morgan fingerprint density at radius 2 is 1.86 bits per heavy atom. The Bertz CT molecular complexity index is 1130. The van der Waals surface area contributed by atoms with Crippen LogP contribution in [0.3, 0.4) is 0 Å². The minimum absolute atomic E-state index is 0.101. The van der Waals surface area contributed by atoms with Crippen LogP contribution in [-0.2, 0) is 4.79 Å². The summed E-state index contributed by atoms with van der Waals surface area (Å²) in [6.45, 7) is 2.65. The van der Waals surface area contributed by atoms with Gasteiger partial charge in [-0.15, -0.1) is 0 Å². The lowest BCUT2D eigenvalue weighted by Gasteiger charge is -2.33. The number of carbonyl (C=O) groups is 1. The maximum absolute atomic E-state index is 12.8. The molecule has 0 radical (unpaired) electrons. The van der Waals surface area contributed by atoms with Gasteiger partial charge in [-0.25, -0.2) is 9.78 Å². The molecular weight excluding hydrogens is 372 g/mol. The highest BCUT2D eigenvalue weighted by Crippen LogP contribution is 2.21. The van der Waals surface area contributed by atoms with Crippen molar-refractivity contribution in [3.8, 4) is 5.75 Å². The van der Waals surface area contributed by atoms with Crippen molar-refractivity contribution in [2.75, 3.05) is 13.1 Å². The average Bonchev–Trinajstić information content (AvgIpc) is 2.74. The highest BCUT2D eigenvalue weighted by molar-refractivity contribution is 5.81. The molecule has 8 nitrogen and oxygen atoms in total. The van der Waals surface area contributed by atoms with Gasteiger partial charge in [0, 0.05) is 25.3 Å². The van der Waals surface area contributed by atoms with Crippen molar-refractivity contribution in [1.82, 2.24) is 19.4 Å². The molecule has 1 amide bonds. The van der Waals surface area contributed by atoms with Crippen molar-refractivity contribution in [3.05, 3.63) is 69.5 Å². The molecule has 1 fully saturated rings. The SMILES string of the molecule is C[C@H](Oc1ccccc1)C(=O)N1CCC(n2c(=O)[nH]c3ncccc3c2=O)CC1. The van der Waals surface area contributed by atoms with E-state index in [0.29, 0.717) is 42.7 Å². The van der Waals surface area contributed by atoms with E-state index in [1.807, 2.05) is 30.3 Å². The van der Waals surface area contributed by atoms with E-state index in [-0.39, 0.29) is 17.5 Å². The minimum Gasteiger partial charge on any atom is -0.481 e. The third-order valence-corrected chi connectivity index (χ3v) is 5.25. The van der Waals surface area contributed by atoms with Crippen molar-refractivity contribution >= 4 is 16.9 Å². The van der Waals surface area contributed by atoms with Gasteiger partial charge in [-0.3, -0.25) is 19.1 Å². The van der Waals surface area contributed by atoms with Gasteiger partial charge >= 0.3 is 5.69 Å². The number of piperidine rings is 1. The van der Waals surface area contributed by atoms with E-state index in [2.05, 4.69) is 9.97 Å². The number of fused-ring (bicyclic) bond motifs is 1. The van der Waals surface area contributed by atoms with Crippen LogP contribution in [0.25, 0.3) is 11.0 Å². The molecule has 3 aromatic rings. The Morgan fingerprint density at radius 3 is 2.59 bits per heavy atom. The molecule has 150 valence electrons. The van der Waals surface area contributed by atoms with Crippen LogP contribution >= 0.6 is 0 Å². The van der Waals surface area contributed by atoms with Gasteiger partial charge in [0.1, 0.15) is 11.4 Å². The number of H-pyrrole nitrogens is 1. The van der Waals surface area contributed by atoms with E-state index in [1.54, 1.807) is 24.0 Å². The quantitative estimate of drug-likeness (QED) is 0.727. The lowest BCUT2D eigenvalue weighted by Crippen LogP contribution is -2.48. The van der Waals surface area contributed by atoms with Gasteiger partial charge in [0.15, 0.2) is 6.10 Å². The Labute approximate surface area is 166 Å². The molecule has 1 saturated heterocycles. The van der Waals surface area contributed by atoms with Gasteiger partial charge < -0.3 is 9.64 Å². The van der Waals surface area contributed by atoms with Crippen LogP contribution in [-0.4, -0.2) is 44.5 Å². The summed E-state index contributed by atoms with van der Waals surface area (Å²) in [5.74, 6) is 0.544. The van der Waals surface area contributed by atoms with Crippen LogP contribution in [0.15, 0.2) is 58.3 Å². The monoisotopic (exact) mass is 394 g/mol. The van der Waals surface area contributed by atoms with Gasteiger partial charge in [0.2, 0.25) is 0 Å². The number of rotatable bonds is 4. The van der Waals surface area contributed by atoms with Crippen molar-refractivity contribution < 1.29 is 9.53 Å². The number of nitrogens with one attached hydrogen (secondary N) is 1. The summed E-state index contributed by atoms with van der Waals surface area (Å²) in [4.78, 5) is 46.4. The van der Waals surface area contributed by atoms with Crippen molar-refractivity contribution in [1.29, 1.82) is 0 Å². The van der Waals surface area contributed by atoms with Crippen LogP contribution in [0.4, 0.5) is 0 Å². The van der Waals surface area contributed by atoms with Crippen molar-refractivity contribution in [2.24, 2.45) is 0 Å². The molecule has 1 aliphatic heterocycles. The first-order valence-electron chi connectivity index (χ1n) is 9.64. The predicted molar refractivity (Wildman–Crippen MR) is 108 cm³/mol. The summed E-state index contributed by atoms with van der Waals surface area (Å²) in [7, 11) is 0. The standard InChI is InChI=1S/C21H22N4O4/c1-14(29-16-6-3-2-4-7-16)19(26)24-12-9-15(10-13-24)25-20(27)17-8-5-11-22-18(17)23-21(25)28/h2-8,11,14-15H,9-10,12-13H2,1H3,(H,22,23,28)/t14-/m0/s1. The molecule has 1 N–H and O–H groups in total. The van der Waals surface area contributed by atoms with Gasteiger partial charge in [-0.05, 0) is 44.0 Å². The fourth-order valence-corrected chi connectivity index (χ4v) is 3.75. The van der Waals surface area contributed by atoms with Crippen LogP contribution in [0.1, 0.15) is 25.8 Å². The van der Waals surface area contributed by atoms with E-state index in [0.717, 1.165) is 0 Å². The second-order valence-electron chi connectivity index (χ2n) is 7.13. The number of amides is 1. The van der Waals surface area contributed by atoms with Crippen LogP contribution in [0.5, 0.6) is 5.75 Å². The normalized spacial score (nSPS) is 16.0. The number of aromatic amines is 1. The molecule has 8 heteroatoms. The highest BCUT2D eigenvalue weighted by atomic mass is 16.5. The number of nitrogens with zero attached hydrogens (tertiary/aromatic N) is 3. The van der Waals surface area contributed by atoms with E-state index >= 15 is 0 Å². The molecule has 0 saturated carbocycles. The van der Waals surface area contributed by atoms with Crippen LogP contribution < -0.4 is 16.0 Å². The first-order valence-corrected chi connectivity index (χ1v) is 9.64. The van der Waals surface area contributed by atoms with Crippen molar-refractivity contribution in [3.63, 3.8) is 0 Å². The topological polar surface area (TPSA) is 97.3 Å². The van der Waals surface area contributed by atoms with E-state index in [9.17, 15) is 14.4 Å². The molecule has 0 spiro atoms. The fraction of sp³-hybridized carbons (Fsp3) is 0.333. The summed E-state index contributed by atoms with van der Waals surface area (Å²) < 4.78 is 6.98. The predicted octanol–water partition coefficient (Wildman–Crippen LogP) is 1.72. The first-order chi connectivity index (χ1) is 14.0. The number of benzene rings is 1. The average molecular weight is 394 g/mol. The zero-order chi connectivity index (χ0) is 20.4. The van der Waals surface area contributed by atoms with Crippen LogP contribution in [0, 0.1) is 0 Å². The van der Waals surface area contributed by atoms with Gasteiger partial charge in [-0.1, -0.05) is 18.2 Å². The maximum atomic E-state index is 12.8. The summed E-state index contributed by atoms with van der Waals surface area (Å²) in [5, 5.41) is 0.385. The number of hydrogen-bond acceptors (Lipinski definition) is 5. The lowest BCUT2D eigenvalue weighted by molar-refractivity contribution is -0.139. The summed E-state index contributed by atoms with van der Waals surface area (Å²) in [6.07, 6.45) is 1.98. The zero-order valence-electron chi connectivity index (χ0n) is 16.1. The lowest BCUT2D eigenvalue weighted by atomic mass is 10.0. The number of carbonyl (C=O) groups excluding carboxylic acids is 1. The Hall–Kier alpha value is -3.42. The molecule has 0 unspecified atom stereocenters. The molecule has 0 aliphatic carbocycles. The molecular formula is C21H22N4O4. The summed E-state index contributed by atoms with van der Waals surface area (Å²) in [6, 6.07) is 12.3. The first kappa shape index (κ1) is 18.9. The van der Waals surface area contributed by atoms with E-state index in [4.69, 9.17) is 4.74 Å². The number of aromatic nitrogens is 3. The van der Waals surface area contributed by atoms with E-state index < -0.39 is 11.8 Å². The van der Waals surface area contributed by atoms with Crippen molar-refractivity contribution in [2.45, 2.75) is 31.9 Å². The molecule has 29 heavy (non-hydrogen) atoms. The van der Waals surface area contributed by atoms with Gasteiger partial charge in [0.05, 0.1) is 5.39 Å². The fourth-order valence-electron chi connectivity index (χ4n) is 3.75. The molecule has 2 aromatic heterocycles. The molecule has 1 aromatic carbocycles. The third kappa shape index (κ3) is 3.78.